The fraction of sp³-hybridized carbons (Fsp3) is 1.00. The molecule has 0 spiro atoms. The summed E-state index contributed by atoms with van der Waals surface area (Å²) in [6.07, 6.45) is 0.339. The highest BCUT2D eigenvalue weighted by Gasteiger charge is 2.46. The van der Waals surface area contributed by atoms with Crippen molar-refractivity contribution in [3.63, 3.8) is 0 Å². The number of aliphatic hydroxyl groups is 1. The molecule has 77 valence electrons. The third-order valence-corrected chi connectivity index (χ3v) is 2.42. The van der Waals surface area contributed by atoms with E-state index >= 15 is 0 Å². The average molecular weight is 188 g/mol. The van der Waals surface area contributed by atoms with E-state index < -0.39 is 11.3 Å². The fourth-order valence-corrected chi connectivity index (χ4v) is 1.97. The van der Waals surface area contributed by atoms with Gasteiger partial charge in [-0.25, -0.2) is 0 Å². The second-order valence-electron chi connectivity index (χ2n) is 4.68. The Morgan fingerprint density at radius 3 is 2.38 bits per heavy atom. The molecule has 1 heterocycles. The van der Waals surface area contributed by atoms with E-state index in [1.54, 1.807) is 13.8 Å². The molecule has 4 heteroatoms. The number of ether oxygens (including phenoxy) is 1. The maximum atomic E-state index is 11.7. The van der Waals surface area contributed by atoms with Gasteiger partial charge in [0.25, 0.3) is 0 Å². The van der Waals surface area contributed by atoms with Crippen LogP contribution in [0.3, 0.4) is 0 Å². The number of rotatable bonds is 1. The standard InChI is InChI=1S/C9H18NO3/c1-8(2)5-7(6-11)13-9(3,4)10(8)12/h7,11H,5-6H2,1-4H3. The summed E-state index contributed by atoms with van der Waals surface area (Å²) in [4.78, 5) is 0. The molecule has 0 aromatic rings. The molecule has 0 aliphatic carbocycles. The minimum Gasteiger partial charge on any atom is -0.394 e. The Morgan fingerprint density at radius 2 is 2.00 bits per heavy atom. The van der Waals surface area contributed by atoms with Crippen molar-refractivity contribution in [2.24, 2.45) is 0 Å². The van der Waals surface area contributed by atoms with Gasteiger partial charge in [0.05, 0.1) is 12.7 Å². The summed E-state index contributed by atoms with van der Waals surface area (Å²) in [7, 11) is 0. The van der Waals surface area contributed by atoms with E-state index in [0.717, 1.165) is 5.06 Å². The van der Waals surface area contributed by atoms with Crippen LogP contribution in [-0.4, -0.2) is 34.1 Å². The van der Waals surface area contributed by atoms with Crippen molar-refractivity contribution in [3.05, 3.63) is 0 Å². The van der Waals surface area contributed by atoms with Crippen LogP contribution in [0.15, 0.2) is 0 Å². The first-order valence-electron chi connectivity index (χ1n) is 4.56. The molecular weight excluding hydrogens is 170 g/mol. The summed E-state index contributed by atoms with van der Waals surface area (Å²) < 4.78 is 5.43. The largest absolute Gasteiger partial charge is 0.394 e. The molecule has 1 fully saturated rings. The quantitative estimate of drug-likeness (QED) is 0.666. The summed E-state index contributed by atoms with van der Waals surface area (Å²) in [5.41, 5.74) is -1.30. The van der Waals surface area contributed by atoms with Crippen LogP contribution in [0.5, 0.6) is 0 Å². The molecule has 13 heavy (non-hydrogen) atoms. The summed E-state index contributed by atoms with van der Waals surface area (Å²) >= 11 is 0. The predicted octanol–water partition coefficient (Wildman–Crippen LogP) is 0.930. The molecule has 0 saturated carbocycles. The van der Waals surface area contributed by atoms with Gasteiger partial charge in [-0.1, -0.05) is 0 Å². The van der Waals surface area contributed by atoms with Crippen LogP contribution in [-0.2, 0) is 9.94 Å². The van der Waals surface area contributed by atoms with E-state index in [2.05, 4.69) is 0 Å². The van der Waals surface area contributed by atoms with Gasteiger partial charge >= 0.3 is 0 Å². The lowest BCUT2D eigenvalue weighted by Crippen LogP contribution is -2.61. The van der Waals surface area contributed by atoms with Gasteiger partial charge in [0.2, 0.25) is 0 Å². The van der Waals surface area contributed by atoms with Crippen LogP contribution in [0.25, 0.3) is 0 Å². The van der Waals surface area contributed by atoms with E-state index in [1.807, 2.05) is 13.8 Å². The Hall–Kier alpha value is -0.160. The number of nitrogens with zero attached hydrogens (tertiary/aromatic N) is 1. The SMILES string of the molecule is CC1(C)CC(CO)OC(C)(C)N1[O]. The average Bonchev–Trinajstić information content (AvgIpc) is 1.99. The van der Waals surface area contributed by atoms with Gasteiger partial charge < -0.3 is 9.84 Å². The highest BCUT2D eigenvalue weighted by Crippen LogP contribution is 2.35. The molecule has 1 N–H and O–H groups in total. The topological polar surface area (TPSA) is 52.6 Å². The Bertz CT molecular complexity index is 173. The third-order valence-electron chi connectivity index (χ3n) is 2.42. The summed E-state index contributed by atoms with van der Waals surface area (Å²) in [6, 6.07) is 0. The van der Waals surface area contributed by atoms with Gasteiger partial charge in [-0.05, 0) is 34.1 Å². The molecule has 0 amide bonds. The van der Waals surface area contributed by atoms with Crippen molar-refractivity contribution < 1.29 is 15.1 Å². The van der Waals surface area contributed by atoms with E-state index in [9.17, 15) is 5.21 Å². The Morgan fingerprint density at radius 1 is 1.46 bits per heavy atom. The van der Waals surface area contributed by atoms with Crippen molar-refractivity contribution in [2.45, 2.75) is 51.5 Å². The van der Waals surface area contributed by atoms with Crippen LogP contribution < -0.4 is 0 Å². The molecule has 0 bridgehead atoms. The first kappa shape index (κ1) is 10.9. The number of hydrogen-bond donors (Lipinski definition) is 1. The number of hydroxylamine groups is 2. The van der Waals surface area contributed by atoms with Crippen LogP contribution in [0, 0.1) is 0 Å². The molecule has 1 unspecified atom stereocenters. The van der Waals surface area contributed by atoms with Crippen molar-refractivity contribution >= 4 is 0 Å². The summed E-state index contributed by atoms with van der Waals surface area (Å²) in [6.45, 7) is 7.16. The van der Waals surface area contributed by atoms with Gasteiger partial charge in [0.1, 0.15) is 5.72 Å². The van der Waals surface area contributed by atoms with Crippen molar-refractivity contribution in [2.75, 3.05) is 6.61 Å². The number of hydrogen-bond acceptors (Lipinski definition) is 3. The molecule has 1 radical (unpaired) electrons. The van der Waals surface area contributed by atoms with Gasteiger partial charge in [0, 0.05) is 5.54 Å². The molecule has 1 rings (SSSR count). The Kier molecular flexibility index (Phi) is 2.69. The van der Waals surface area contributed by atoms with Crippen molar-refractivity contribution in [1.29, 1.82) is 0 Å². The Labute approximate surface area is 79.1 Å². The zero-order chi connectivity index (χ0) is 10.3. The van der Waals surface area contributed by atoms with Gasteiger partial charge in [-0.3, -0.25) is 0 Å². The lowest BCUT2D eigenvalue weighted by Gasteiger charge is -2.49. The maximum absolute atomic E-state index is 11.7. The van der Waals surface area contributed by atoms with Crippen LogP contribution in [0.1, 0.15) is 34.1 Å². The molecule has 0 aromatic carbocycles. The van der Waals surface area contributed by atoms with E-state index in [0.29, 0.717) is 6.42 Å². The first-order valence-corrected chi connectivity index (χ1v) is 4.56. The van der Waals surface area contributed by atoms with Gasteiger partial charge in [-0.2, -0.15) is 0 Å². The van der Waals surface area contributed by atoms with E-state index in [-0.39, 0.29) is 12.7 Å². The smallest absolute Gasteiger partial charge is 0.142 e. The Balaban J connectivity index is 2.82. The minimum atomic E-state index is -0.838. The highest BCUT2D eigenvalue weighted by molar-refractivity contribution is 4.89. The van der Waals surface area contributed by atoms with Crippen LogP contribution in [0.2, 0.25) is 0 Å². The normalized spacial score (nSPS) is 33.2. The van der Waals surface area contributed by atoms with Crippen LogP contribution >= 0.6 is 0 Å². The molecular formula is C9H18NO3. The lowest BCUT2D eigenvalue weighted by atomic mass is 9.92. The van der Waals surface area contributed by atoms with E-state index in [1.165, 1.54) is 0 Å². The summed E-state index contributed by atoms with van der Waals surface area (Å²) in [5.74, 6) is 0. The molecule has 4 nitrogen and oxygen atoms in total. The molecule has 1 aliphatic heterocycles. The highest BCUT2D eigenvalue weighted by atomic mass is 16.6. The monoisotopic (exact) mass is 188 g/mol. The van der Waals surface area contributed by atoms with Crippen molar-refractivity contribution in [1.82, 2.24) is 5.06 Å². The zero-order valence-electron chi connectivity index (χ0n) is 8.70. The van der Waals surface area contributed by atoms with Gasteiger partial charge in [0.15, 0.2) is 0 Å². The second kappa shape index (κ2) is 3.20. The lowest BCUT2D eigenvalue weighted by molar-refractivity contribution is -0.383. The molecule has 1 aliphatic rings. The van der Waals surface area contributed by atoms with Gasteiger partial charge in [-0.15, -0.1) is 10.3 Å². The minimum absolute atomic E-state index is 0.0271. The zero-order valence-corrected chi connectivity index (χ0v) is 8.70. The molecule has 1 atom stereocenters. The molecule has 1 saturated heterocycles. The second-order valence-corrected chi connectivity index (χ2v) is 4.68. The number of aliphatic hydroxyl groups excluding tert-OH is 1. The first-order chi connectivity index (χ1) is 5.79. The van der Waals surface area contributed by atoms with E-state index in [4.69, 9.17) is 9.84 Å². The van der Waals surface area contributed by atoms with Crippen LogP contribution in [0.4, 0.5) is 0 Å². The van der Waals surface area contributed by atoms with Crippen molar-refractivity contribution in [3.8, 4) is 0 Å². The maximum Gasteiger partial charge on any atom is 0.142 e. The summed E-state index contributed by atoms with van der Waals surface area (Å²) in [5, 5.41) is 21.7. The predicted molar refractivity (Wildman–Crippen MR) is 47.3 cm³/mol. The fourth-order valence-electron chi connectivity index (χ4n) is 1.97. The molecule has 0 aromatic heterocycles. The third kappa shape index (κ3) is 2.02.